The number of nitrogens with zero attached hydrogens (tertiary/aromatic N) is 1. The van der Waals surface area contributed by atoms with Crippen molar-refractivity contribution in [3.05, 3.63) is 30.5 Å². The van der Waals surface area contributed by atoms with Crippen LogP contribution >= 0.6 is 0 Å². The van der Waals surface area contributed by atoms with E-state index in [4.69, 9.17) is 10.6 Å². The van der Waals surface area contributed by atoms with E-state index in [2.05, 4.69) is 5.43 Å². The van der Waals surface area contributed by atoms with Gasteiger partial charge in [0.15, 0.2) is 0 Å². The topological polar surface area (TPSA) is 69.3 Å². The van der Waals surface area contributed by atoms with E-state index >= 15 is 0 Å². The van der Waals surface area contributed by atoms with Crippen LogP contribution in [0.2, 0.25) is 0 Å². The molecule has 1 aromatic heterocycles. The normalized spacial score (nSPS) is 10.9. The second-order valence-electron chi connectivity index (χ2n) is 4.68. The summed E-state index contributed by atoms with van der Waals surface area (Å²) in [6.45, 7) is 4.60. The molecule has 2 rings (SSSR count). The van der Waals surface area contributed by atoms with E-state index in [1.165, 1.54) is 0 Å². The molecule has 2 aromatic rings. The summed E-state index contributed by atoms with van der Waals surface area (Å²) in [5.41, 5.74) is 3.19. The number of nitrogens with two attached hydrogens (primary N) is 1. The first-order valence-corrected chi connectivity index (χ1v) is 6.35. The van der Waals surface area contributed by atoms with Gasteiger partial charge in [0, 0.05) is 24.5 Å². The van der Waals surface area contributed by atoms with Crippen LogP contribution in [0.25, 0.3) is 10.9 Å². The summed E-state index contributed by atoms with van der Waals surface area (Å²) in [5, 5.41) is 1.06. The number of hydrazine groups is 1. The maximum absolute atomic E-state index is 11.2. The van der Waals surface area contributed by atoms with E-state index < -0.39 is 0 Å². The van der Waals surface area contributed by atoms with Crippen molar-refractivity contribution in [3.63, 3.8) is 0 Å². The molecule has 1 heterocycles. The summed E-state index contributed by atoms with van der Waals surface area (Å²) in [4.78, 5) is 11.2. The van der Waals surface area contributed by atoms with Crippen LogP contribution in [-0.2, 0) is 11.3 Å². The first-order chi connectivity index (χ1) is 9.11. The molecule has 0 bridgehead atoms. The largest absolute Gasteiger partial charge is 0.490 e. The number of rotatable bonds is 5. The average molecular weight is 261 g/mol. The number of aryl methyl sites for hydroxylation is 1. The first kappa shape index (κ1) is 13.4. The van der Waals surface area contributed by atoms with E-state index in [-0.39, 0.29) is 12.0 Å². The highest BCUT2D eigenvalue weighted by Gasteiger charge is 2.08. The minimum absolute atomic E-state index is 0.136. The molecule has 0 saturated carbocycles. The molecule has 19 heavy (non-hydrogen) atoms. The predicted molar refractivity (Wildman–Crippen MR) is 74.6 cm³/mol. The zero-order valence-electron chi connectivity index (χ0n) is 11.2. The van der Waals surface area contributed by atoms with Crippen molar-refractivity contribution < 1.29 is 9.53 Å². The lowest BCUT2D eigenvalue weighted by Crippen LogP contribution is -2.30. The van der Waals surface area contributed by atoms with Crippen molar-refractivity contribution in [2.45, 2.75) is 32.9 Å². The number of nitrogens with one attached hydrogen (secondary N) is 1. The number of fused-ring (bicyclic) bond motifs is 1. The Morgan fingerprint density at radius 1 is 1.42 bits per heavy atom. The van der Waals surface area contributed by atoms with E-state index in [1.54, 1.807) is 0 Å². The molecule has 0 radical (unpaired) electrons. The number of carbonyl (C=O) groups is 1. The molecule has 0 aliphatic heterocycles. The number of ether oxygens (including phenoxy) is 1. The van der Waals surface area contributed by atoms with E-state index in [0.29, 0.717) is 13.0 Å². The van der Waals surface area contributed by atoms with Gasteiger partial charge >= 0.3 is 0 Å². The smallest absolute Gasteiger partial charge is 0.235 e. The van der Waals surface area contributed by atoms with Crippen LogP contribution in [0.3, 0.4) is 0 Å². The maximum atomic E-state index is 11.2. The van der Waals surface area contributed by atoms with Gasteiger partial charge in [0.2, 0.25) is 5.91 Å². The van der Waals surface area contributed by atoms with Gasteiger partial charge in [-0.2, -0.15) is 0 Å². The summed E-state index contributed by atoms with van der Waals surface area (Å²) in [5.74, 6) is 5.77. The summed E-state index contributed by atoms with van der Waals surface area (Å²) >= 11 is 0. The summed E-state index contributed by atoms with van der Waals surface area (Å²) in [6.07, 6.45) is 2.45. The molecule has 3 N–H and O–H groups in total. The third kappa shape index (κ3) is 3.06. The zero-order valence-corrected chi connectivity index (χ0v) is 11.2. The van der Waals surface area contributed by atoms with Gasteiger partial charge in [-0.05, 0) is 32.0 Å². The predicted octanol–water partition coefficient (Wildman–Crippen LogP) is 1.81. The molecule has 1 aromatic carbocycles. The van der Waals surface area contributed by atoms with Crippen LogP contribution in [0, 0.1) is 0 Å². The van der Waals surface area contributed by atoms with Gasteiger partial charge in [0.05, 0.1) is 11.6 Å². The molecule has 5 nitrogen and oxygen atoms in total. The zero-order chi connectivity index (χ0) is 13.8. The number of hydrogen-bond acceptors (Lipinski definition) is 3. The van der Waals surface area contributed by atoms with Crippen LogP contribution in [-0.4, -0.2) is 16.6 Å². The Bertz CT molecular complexity index is 575. The van der Waals surface area contributed by atoms with Crippen molar-refractivity contribution in [3.8, 4) is 5.75 Å². The van der Waals surface area contributed by atoms with Gasteiger partial charge in [-0.15, -0.1) is 0 Å². The summed E-state index contributed by atoms with van der Waals surface area (Å²) in [7, 11) is 0. The molecule has 0 unspecified atom stereocenters. The summed E-state index contributed by atoms with van der Waals surface area (Å²) in [6, 6.07) is 7.94. The Morgan fingerprint density at radius 2 is 2.21 bits per heavy atom. The van der Waals surface area contributed by atoms with Crippen molar-refractivity contribution >= 4 is 16.8 Å². The highest BCUT2D eigenvalue weighted by atomic mass is 16.5. The van der Waals surface area contributed by atoms with Gasteiger partial charge in [-0.1, -0.05) is 6.07 Å². The van der Waals surface area contributed by atoms with Gasteiger partial charge in [-0.3, -0.25) is 10.2 Å². The average Bonchev–Trinajstić information content (AvgIpc) is 2.79. The Labute approximate surface area is 112 Å². The van der Waals surface area contributed by atoms with Gasteiger partial charge < -0.3 is 9.30 Å². The van der Waals surface area contributed by atoms with Gasteiger partial charge in [0.25, 0.3) is 0 Å². The fraction of sp³-hybridized carbons (Fsp3) is 0.357. The SMILES string of the molecule is CC(C)Oc1cccc2c1ccn2CCC(=O)NN. The first-order valence-electron chi connectivity index (χ1n) is 6.35. The lowest BCUT2D eigenvalue weighted by molar-refractivity contribution is -0.121. The van der Waals surface area contributed by atoms with Crippen LogP contribution in [0.4, 0.5) is 0 Å². The molecular weight excluding hydrogens is 242 g/mol. The Balaban J connectivity index is 2.25. The molecule has 102 valence electrons. The van der Waals surface area contributed by atoms with Crippen molar-refractivity contribution in [1.29, 1.82) is 0 Å². The molecule has 5 heteroatoms. The highest BCUT2D eigenvalue weighted by Crippen LogP contribution is 2.27. The minimum Gasteiger partial charge on any atom is -0.490 e. The highest BCUT2D eigenvalue weighted by molar-refractivity contribution is 5.86. The van der Waals surface area contributed by atoms with E-state index in [1.807, 2.05) is 48.9 Å². The van der Waals surface area contributed by atoms with Crippen molar-refractivity contribution in [1.82, 2.24) is 9.99 Å². The molecule has 0 spiro atoms. The van der Waals surface area contributed by atoms with Gasteiger partial charge in [0.1, 0.15) is 5.75 Å². The standard InChI is InChI=1S/C14H19N3O2/c1-10(2)19-13-5-3-4-12-11(13)6-8-17(12)9-7-14(18)16-15/h3-6,8,10H,7,9,15H2,1-2H3,(H,16,18). The minimum atomic E-state index is -0.170. The van der Waals surface area contributed by atoms with E-state index in [0.717, 1.165) is 16.7 Å². The number of carbonyl (C=O) groups excluding carboxylic acids is 1. The molecule has 1 amide bonds. The molecule has 0 atom stereocenters. The van der Waals surface area contributed by atoms with Gasteiger partial charge in [-0.25, -0.2) is 5.84 Å². The van der Waals surface area contributed by atoms with Crippen molar-refractivity contribution in [2.75, 3.05) is 0 Å². The Hall–Kier alpha value is -2.01. The number of aromatic nitrogens is 1. The third-order valence-electron chi connectivity index (χ3n) is 2.88. The van der Waals surface area contributed by atoms with Crippen LogP contribution < -0.4 is 16.0 Å². The molecule has 0 aliphatic rings. The van der Waals surface area contributed by atoms with Crippen LogP contribution in [0.1, 0.15) is 20.3 Å². The fourth-order valence-electron chi connectivity index (χ4n) is 2.04. The lowest BCUT2D eigenvalue weighted by Gasteiger charge is -2.11. The Kier molecular flexibility index (Phi) is 4.06. The quantitative estimate of drug-likeness (QED) is 0.490. The fourth-order valence-corrected chi connectivity index (χ4v) is 2.04. The molecule has 0 saturated heterocycles. The third-order valence-corrected chi connectivity index (χ3v) is 2.88. The number of amides is 1. The molecule has 0 fully saturated rings. The molecule has 0 aliphatic carbocycles. The maximum Gasteiger partial charge on any atom is 0.235 e. The van der Waals surface area contributed by atoms with Crippen LogP contribution in [0.15, 0.2) is 30.5 Å². The van der Waals surface area contributed by atoms with Crippen molar-refractivity contribution in [2.24, 2.45) is 5.84 Å². The van der Waals surface area contributed by atoms with Crippen LogP contribution in [0.5, 0.6) is 5.75 Å². The second kappa shape index (κ2) is 5.75. The number of benzene rings is 1. The monoisotopic (exact) mass is 261 g/mol. The summed E-state index contributed by atoms with van der Waals surface area (Å²) < 4.78 is 7.80. The second-order valence-corrected chi connectivity index (χ2v) is 4.68. The molecular formula is C14H19N3O2. The number of hydrogen-bond donors (Lipinski definition) is 2. The Morgan fingerprint density at radius 3 is 2.89 bits per heavy atom. The lowest BCUT2D eigenvalue weighted by atomic mass is 10.2. The van der Waals surface area contributed by atoms with E-state index in [9.17, 15) is 4.79 Å².